The standard InChI is InChI=1S/C20H25N5O2S/c1-15-6-8-17(9-7-15)28(26,27)25-12-10-18-19(22-14-23-20(18)25)24(2)16-5-3-4-11-21-13-16/h6-10,12,14,16,21H,3-5,11,13H2,1-2H3/t16-/m1/s1. The molecule has 3 aromatic rings. The van der Waals surface area contributed by atoms with Crippen molar-refractivity contribution in [2.45, 2.75) is 37.1 Å². The molecule has 4 rings (SSSR count). The number of benzene rings is 1. The molecular weight excluding hydrogens is 374 g/mol. The molecule has 0 radical (unpaired) electrons. The number of nitrogens with one attached hydrogen (secondary N) is 1. The van der Waals surface area contributed by atoms with Crippen LogP contribution in [0.3, 0.4) is 0 Å². The normalized spacial score (nSPS) is 18.1. The van der Waals surface area contributed by atoms with E-state index in [9.17, 15) is 8.42 Å². The van der Waals surface area contributed by atoms with Gasteiger partial charge in [-0.3, -0.25) is 0 Å². The Balaban J connectivity index is 1.75. The molecular formula is C20H25N5O2S. The van der Waals surface area contributed by atoms with Crippen molar-refractivity contribution in [1.82, 2.24) is 19.3 Å². The monoisotopic (exact) mass is 399 g/mol. The first-order valence-electron chi connectivity index (χ1n) is 9.56. The minimum absolute atomic E-state index is 0.247. The van der Waals surface area contributed by atoms with Gasteiger partial charge >= 0.3 is 0 Å². The van der Waals surface area contributed by atoms with Crippen LogP contribution in [0.4, 0.5) is 5.82 Å². The number of aryl methyl sites for hydroxylation is 1. The molecule has 1 fully saturated rings. The van der Waals surface area contributed by atoms with Crippen molar-refractivity contribution >= 4 is 26.9 Å². The summed E-state index contributed by atoms with van der Waals surface area (Å²) >= 11 is 0. The van der Waals surface area contributed by atoms with Crippen LogP contribution >= 0.6 is 0 Å². The zero-order chi connectivity index (χ0) is 19.7. The summed E-state index contributed by atoms with van der Waals surface area (Å²) in [6.07, 6.45) is 6.43. The zero-order valence-electron chi connectivity index (χ0n) is 16.2. The van der Waals surface area contributed by atoms with E-state index in [1.807, 2.05) is 14.0 Å². The Morgan fingerprint density at radius 1 is 1.14 bits per heavy atom. The summed E-state index contributed by atoms with van der Waals surface area (Å²) in [4.78, 5) is 11.2. The van der Waals surface area contributed by atoms with E-state index in [1.54, 1.807) is 36.5 Å². The highest BCUT2D eigenvalue weighted by atomic mass is 32.2. The molecule has 28 heavy (non-hydrogen) atoms. The van der Waals surface area contributed by atoms with Gasteiger partial charge in [-0.05, 0) is 44.5 Å². The molecule has 0 saturated carbocycles. The van der Waals surface area contributed by atoms with Crippen molar-refractivity contribution in [1.29, 1.82) is 0 Å². The van der Waals surface area contributed by atoms with Gasteiger partial charge in [0.15, 0.2) is 5.65 Å². The van der Waals surface area contributed by atoms with Crippen molar-refractivity contribution in [2.24, 2.45) is 0 Å². The summed E-state index contributed by atoms with van der Waals surface area (Å²) in [5.74, 6) is 0.761. The fraction of sp³-hybridized carbons (Fsp3) is 0.400. The lowest BCUT2D eigenvalue weighted by atomic mass is 10.1. The van der Waals surface area contributed by atoms with E-state index in [2.05, 4.69) is 20.2 Å². The second-order valence-electron chi connectivity index (χ2n) is 7.33. The van der Waals surface area contributed by atoms with E-state index < -0.39 is 10.0 Å². The number of fused-ring (bicyclic) bond motifs is 1. The lowest BCUT2D eigenvalue weighted by Gasteiger charge is -2.28. The van der Waals surface area contributed by atoms with Gasteiger partial charge in [-0.1, -0.05) is 24.1 Å². The molecule has 1 N–H and O–H groups in total. The summed E-state index contributed by atoms with van der Waals surface area (Å²) < 4.78 is 27.5. The molecule has 148 valence electrons. The maximum atomic E-state index is 13.1. The minimum atomic E-state index is -3.72. The van der Waals surface area contributed by atoms with E-state index in [1.165, 1.54) is 23.1 Å². The van der Waals surface area contributed by atoms with Crippen molar-refractivity contribution in [2.75, 3.05) is 25.0 Å². The minimum Gasteiger partial charge on any atom is -0.355 e. The summed E-state index contributed by atoms with van der Waals surface area (Å²) in [6, 6.07) is 8.95. The van der Waals surface area contributed by atoms with Gasteiger partial charge in [0, 0.05) is 25.8 Å². The molecule has 0 bridgehead atoms. The lowest BCUT2D eigenvalue weighted by Crippen LogP contribution is -2.39. The first kappa shape index (κ1) is 18.9. The van der Waals surface area contributed by atoms with E-state index in [4.69, 9.17) is 0 Å². The molecule has 0 spiro atoms. The summed E-state index contributed by atoms with van der Waals surface area (Å²) in [5, 5.41) is 4.21. The average molecular weight is 400 g/mol. The van der Waals surface area contributed by atoms with E-state index in [0.717, 1.165) is 36.3 Å². The number of hydrogen-bond acceptors (Lipinski definition) is 6. The van der Waals surface area contributed by atoms with Crippen LogP contribution in [0.2, 0.25) is 0 Å². The van der Waals surface area contributed by atoms with Crippen molar-refractivity contribution in [3.05, 3.63) is 48.4 Å². The maximum absolute atomic E-state index is 13.1. The van der Waals surface area contributed by atoms with Crippen LogP contribution in [-0.4, -0.2) is 48.5 Å². The van der Waals surface area contributed by atoms with Gasteiger partial charge in [0.25, 0.3) is 10.0 Å². The molecule has 0 unspecified atom stereocenters. The molecule has 1 aromatic carbocycles. The number of rotatable bonds is 4. The van der Waals surface area contributed by atoms with Crippen molar-refractivity contribution < 1.29 is 8.42 Å². The Morgan fingerprint density at radius 3 is 2.71 bits per heavy atom. The van der Waals surface area contributed by atoms with Crippen LogP contribution in [0.15, 0.2) is 47.8 Å². The first-order valence-corrected chi connectivity index (χ1v) is 11.0. The Bertz CT molecular complexity index is 1070. The molecule has 0 aliphatic carbocycles. The molecule has 1 aliphatic heterocycles. The van der Waals surface area contributed by atoms with E-state index in [0.29, 0.717) is 11.7 Å². The van der Waals surface area contributed by atoms with Crippen LogP contribution < -0.4 is 10.2 Å². The van der Waals surface area contributed by atoms with Crippen molar-refractivity contribution in [3.63, 3.8) is 0 Å². The molecule has 8 heteroatoms. The number of anilines is 1. The highest BCUT2D eigenvalue weighted by Crippen LogP contribution is 2.28. The summed E-state index contributed by atoms with van der Waals surface area (Å²) in [7, 11) is -1.70. The van der Waals surface area contributed by atoms with Crippen LogP contribution in [0.1, 0.15) is 24.8 Å². The fourth-order valence-corrected chi connectivity index (χ4v) is 5.02. The molecule has 7 nitrogen and oxygen atoms in total. The third-order valence-corrected chi connectivity index (χ3v) is 7.09. The Labute approximate surface area is 165 Å². The van der Waals surface area contributed by atoms with Gasteiger partial charge in [0.05, 0.1) is 10.3 Å². The highest BCUT2D eigenvalue weighted by molar-refractivity contribution is 7.90. The average Bonchev–Trinajstić information content (AvgIpc) is 2.95. The van der Waals surface area contributed by atoms with Gasteiger partial charge in [-0.15, -0.1) is 0 Å². The lowest BCUT2D eigenvalue weighted by molar-refractivity contribution is 0.567. The molecule has 2 aromatic heterocycles. The Hall–Kier alpha value is -2.45. The topological polar surface area (TPSA) is 80.1 Å². The Kier molecular flexibility index (Phi) is 5.07. The second kappa shape index (κ2) is 7.52. The summed E-state index contributed by atoms with van der Waals surface area (Å²) in [6.45, 7) is 3.86. The largest absolute Gasteiger partial charge is 0.355 e. The van der Waals surface area contributed by atoms with Crippen LogP contribution in [-0.2, 0) is 10.0 Å². The third-order valence-electron chi connectivity index (χ3n) is 5.41. The second-order valence-corrected chi connectivity index (χ2v) is 9.14. The smallest absolute Gasteiger partial charge is 0.269 e. The quantitative estimate of drug-likeness (QED) is 0.726. The number of likely N-dealkylation sites (N-methyl/N-ethyl adjacent to an activating group) is 1. The molecule has 1 atom stereocenters. The van der Waals surface area contributed by atoms with Gasteiger partial charge in [-0.25, -0.2) is 22.4 Å². The zero-order valence-corrected chi connectivity index (χ0v) is 17.0. The number of aromatic nitrogens is 3. The van der Waals surface area contributed by atoms with Gasteiger partial charge in [-0.2, -0.15) is 0 Å². The van der Waals surface area contributed by atoms with E-state index >= 15 is 0 Å². The fourth-order valence-electron chi connectivity index (χ4n) is 3.72. The predicted molar refractivity (Wildman–Crippen MR) is 110 cm³/mol. The summed E-state index contributed by atoms with van der Waals surface area (Å²) in [5.41, 5.74) is 1.42. The molecule has 1 saturated heterocycles. The number of nitrogens with zero attached hydrogens (tertiary/aromatic N) is 4. The van der Waals surface area contributed by atoms with Crippen LogP contribution in [0.5, 0.6) is 0 Å². The highest BCUT2D eigenvalue weighted by Gasteiger charge is 2.24. The van der Waals surface area contributed by atoms with Gasteiger partial charge < -0.3 is 10.2 Å². The SMILES string of the molecule is Cc1ccc(S(=O)(=O)n2ccc3c(N(C)[C@@H]4CCCCNC4)ncnc32)cc1. The Morgan fingerprint density at radius 2 is 1.93 bits per heavy atom. The maximum Gasteiger partial charge on any atom is 0.269 e. The predicted octanol–water partition coefficient (Wildman–Crippen LogP) is 2.56. The van der Waals surface area contributed by atoms with Crippen molar-refractivity contribution in [3.8, 4) is 0 Å². The number of hydrogen-bond donors (Lipinski definition) is 1. The first-order chi connectivity index (χ1) is 13.5. The van der Waals surface area contributed by atoms with Crippen LogP contribution in [0.25, 0.3) is 11.0 Å². The van der Waals surface area contributed by atoms with E-state index in [-0.39, 0.29) is 4.90 Å². The molecule has 0 amide bonds. The molecule has 3 heterocycles. The van der Waals surface area contributed by atoms with Crippen LogP contribution in [0, 0.1) is 6.92 Å². The third kappa shape index (κ3) is 3.38. The molecule has 1 aliphatic rings. The van der Waals surface area contributed by atoms with Gasteiger partial charge in [0.2, 0.25) is 0 Å². The van der Waals surface area contributed by atoms with Gasteiger partial charge in [0.1, 0.15) is 12.1 Å².